The standard InChI is InChI=1S/C13H24BrNO2/c14-8-11-17-10-3-9-15-13(16)7-6-12-4-1-2-5-12/h12H,1-11H2,(H,15,16). The number of carbonyl (C=O) groups is 1. The molecule has 1 N–H and O–H groups in total. The molecule has 100 valence electrons. The monoisotopic (exact) mass is 305 g/mol. The number of hydrogen-bond donors (Lipinski definition) is 1. The van der Waals surface area contributed by atoms with Gasteiger partial charge in [0.05, 0.1) is 6.61 Å². The summed E-state index contributed by atoms with van der Waals surface area (Å²) in [5.74, 6) is 1.01. The molecule has 0 radical (unpaired) electrons. The van der Waals surface area contributed by atoms with Gasteiger partial charge in [0.2, 0.25) is 5.91 Å². The predicted molar refractivity (Wildman–Crippen MR) is 73.4 cm³/mol. The summed E-state index contributed by atoms with van der Waals surface area (Å²) in [6, 6.07) is 0. The predicted octanol–water partition coefficient (Wildman–Crippen LogP) is 2.87. The molecule has 4 heteroatoms. The molecule has 0 unspecified atom stereocenters. The quantitative estimate of drug-likeness (QED) is 0.525. The van der Waals surface area contributed by atoms with Crippen molar-refractivity contribution in [3.05, 3.63) is 0 Å². The summed E-state index contributed by atoms with van der Waals surface area (Å²) in [7, 11) is 0. The Morgan fingerprint density at radius 3 is 2.76 bits per heavy atom. The van der Waals surface area contributed by atoms with Crippen LogP contribution in [-0.2, 0) is 9.53 Å². The summed E-state index contributed by atoms with van der Waals surface area (Å²) in [6.45, 7) is 2.22. The molecule has 0 bridgehead atoms. The second-order valence-corrected chi connectivity index (χ2v) is 5.49. The average Bonchev–Trinajstić information content (AvgIpc) is 2.84. The third-order valence-electron chi connectivity index (χ3n) is 3.26. The number of alkyl halides is 1. The van der Waals surface area contributed by atoms with Gasteiger partial charge in [-0.15, -0.1) is 0 Å². The van der Waals surface area contributed by atoms with Crippen LogP contribution in [0.4, 0.5) is 0 Å². The van der Waals surface area contributed by atoms with Gasteiger partial charge >= 0.3 is 0 Å². The van der Waals surface area contributed by atoms with E-state index in [-0.39, 0.29) is 5.91 Å². The fourth-order valence-corrected chi connectivity index (χ4v) is 2.51. The maximum Gasteiger partial charge on any atom is 0.220 e. The minimum Gasteiger partial charge on any atom is -0.381 e. The summed E-state index contributed by atoms with van der Waals surface area (Å²) in [5, 5.41) is 3.83. The Balaban J connectivity index is 1.87. The third kappa shape index (κ3) is 7.77. The normalized spacial score (nSPS) is 16.3. The van der Waals surface area contributed by atoms with Gasteiger partial charge in [0.25, 0.3) is 0 Å². The molecule has 1 amide bonds. The fraction of sp³-hybridized carbons (Fsp3) is 0.923. The van der Waals surface area contributed by atoms with Gasteiger partial charge in [-0.1, -0.05) is 41.6 Å². The van der Waals surface area contributed by atoms with Crippen molar-refractivity contribution in [1.29, 1.82) is 0 Å². The number of ether oxygens (including phenoxy) is 1. The van der Waals surface area contributed by atoms with Gasteiger partial charge in [-0.05, 0) is 18.8 Å². The van der Waals surface area contributed by atoms with Crippen LogP contribution in [0, 0.1) is 5.92 Å². The molecule has 17 heavy (non-hydrogen) atoms. The molecule has 1 fully saturated rings. The van der Waals surface area contributed by atoms with Crippen LogP contribution in [0.3, 0.4) is 0 Å². The highest BCUT2D eigenvalue weighted by Gasteiger charge is 2.15. The number of carbonyl (C=O) groups excluding carboxylic acids is 1. The van der Waals surface area contributed by atoms with Crippen LogP contribution in [0.1, 0.15) is 44.9 Å². The molecule has 0 atom stereocenters. The van der Waals surface area contributed by atoms with E-state index in [4.69, 9.17) is 4.74 Å². The van der Waals surface area contributed by atoms with Crippen molar-refractivity contribution < 1.29 is 9.53 Å². The summed E-state index contributed by atoms with van der Waals surface area (Å²) >= 11 is 3.30. The van der Waals surface area contributed by atoms with Gasteiger partial charge in [0.15, 0.2) is 0 Å². The Morgan fingerprint density at radius 2 is 2.06 bits per heavy atom. The van der Waals surface area contributed by atoms with Gasteiger partial charge in [-0.2, -0.15) is 0 Å². The van der Waals surface area contributed by atoms with Gasteiger partial charge in [-0.3, -0.25) is 4.79 Å². The topological polar surface area (TPSA) is 38.3 Å². The Kier molecular flexibility index (Phi) is 8.71. The van der Waals surface area contributed by atoms with Crippen LogP contribution < -0.4 is 5.32 Å². The largest absolute Gasteiger partial charge is 0.381 e. The van der Waals surface area contributed by atoms with Crippen LogP contribution >= 0.6 is 15.9 Å². The lowest BCUT2D eigenvalue weighted by molar-refractivity contribution is -0.121. The van der Waals surface area contributed by atoms with Crippen LogP contribution in [0.5, 0.6) is 0 Å². The first-order valence-electron chi connectivity index (χ1n) is 6.73. The second-order valence-electron chi connectivity index (χ2n) is 4.69. The first kappa shape index (κ1) is 15.0. The van der Waals surface area contributed by atoms with E-state index in [1.165, 1.54) is 25.7 Å². The van der Waals surface area contributed by atoms with Gasteiger partial charge in [0.1, 0.15) is 0 Å². The number of hydrogen-bond acceptors (Lipinski definition) is 2. The summed E-state index contributed by atoms with van der Waals surface area (Å²) < 4.78 is 5.31. The van der Waals surface area contributed by atoms with Crippen molar-refractivity contribution in [2.24, 2.45) is 5.92 Å². The molecular formula is C13H24BrNO2. The van der Waals surface area contributed by atoms with Crippen molar-refractivity contribution in [3.8, 4) is 0 Å². The highest BCUT2D eigenvalue weighted by molar-refractivity contribution is 9.09. The number of amides is 1. The molecule has 0 aliphatic heterocycles. The Hall–Kier alpha value is -0.0900. The van der Waals surface area contributed by atoms with E-state index in [0.717, 1.165) is 43.8 Å². The number of nitrogens with one attached hydrogen (secondary N) is 1. The highest BCUT2D eigenvalue weighted by atomic mass is 79.9. The molecule has 1 rings (SSSR count). The minimum atomic E-state index is 0.206. The average molecular weight is 306 g/mol. The van der Waals surface area contributed by atoms with E-state index < -0.39 is 0 Å². The van der Waals surface area contributed by atoms with Crippen molar-refractivity contribution in [2.75, 3.05) is 25.1 Å². The van der Waals surface area contributed by atoms with Crippen molar-refractivity contribution in [2.45, 2.75) is 44.9 Å². The molecule has 0 spiro atoms. The lowest BCUT2D eigenvalue weighted by atomic mass is 10.0. The van der Waals surface area contributed by atoms with E-state index in [1.807, 2.05) is 0 Å². The van der Waals surface area contributed by atoms with Crippen molar-refractivity contribution >= 4 is 21.8 Å². The maximum atomic E-state index is 11.5. The van der Waals surface area contributed by atoms with Crippen LogP contribution in [0.2, 0.25) is 0 Å². The molecule has 1 saturated carbocycles. The zero-order valence-electron chi connectivity index (χ0n) is 10.5. The molecule has 0 aromatic carbocycles. The summed E-state index contributed by atoms with van der Waals surface area (Å²) in [4.78, 5) is 11.5. The Labute approximate surface area is 113 Å². The lowest BCUT2D eigenvalue weighted by Gasteiger charge is -2.09. The molecule has 0 heterocycles. The molecule has 0 saturated heterocycles. The Bertz CT molecular complexity index is 206. The molecule has 1 aliphatic carbocycles. The van der Waals surface area contributed by atoms with E-state index in [9.17, 15) is 4.79 Å². The van der Waals surface area contributed by atoms with Gasteiger partial charge < -0.3 is 10.1 Å². The SMILES string of the molecule is O=C(CCC1CCCC1)NCCCOCCBr. The highest BCUT2D eigenvalue weighted by Crippen LogP contribution is 2.28. The molecule has 0 aromatic rings. The lowest BCUT2D eigenvalue weighted by Crippen LogP contribution is -2.25. The van der Waals surface area contributed by atoms with Crippen molar-refractivity contribution in [3.63, 3.8) is 0 Å². The molecule has 0 aromatic heterocycles. The van der Waals surface area contributed by atoms with E-state index in [2.05, 4.69) is 21.2 Å². The summed E-state index contributed by atoms with van der Waals surface area (Å²) in [6.07, 6.45) is 8.05. The molecule has 3 nitrogen and oxygen atoms in total. The van der Waals surface area contributed by atoms with Crippen LogP contribution in [0.25, 0.3) is 0 Å². The van der Waals surface area contributed by atoms with Crippen LogP contribution in [0.15, 0.2) is 0 Å². The first-order valence-corrected chi connectivity index (χ1v) is 7.85. The zero-order valence-corrected chi connectivity index (χ0v) is 12.1. The van der Waals surface area contributed by atoms with E-state index in [0.29, 0.717) is 6.42 Å². The number of halogens is 1. The first-order chi connectivity index (χ1) is 8.33. The Morgan fingerprint density at radius 1 is 1.29 bits per heavy atom. The molecular weight excluding hydrogens is 282 g/mol. The maximum absolute atomic E-state index is 11.5. The van der Waals surface area contributed by atoms with Crippen LogP contribution in [-0.4, -0.2) is 31.0 Å². The second kappa shape index (κ2) is 9.89. The third-order valence-corrected chi connectivity index (χ3v) is 3.59. The van der Waals surface area contributed by atoms with Gasteiger partial charge in [-0.25, -0.2) is 0 Å². The molecule has 1 aliphatic rings. The van der Waals surface area contributed by atoms with Gasteiger partial charge in [0, 0.05) is 24.9 Å². The number of rotatable bonds is 9. The van der Waals surface area contributed by atoms with E-state index in [1.54, 1.807) is 0 Å². The van der Waals surface area contributed by atoms with Crippen molar-refractivity contribution in [1.82, 2.24) is 5.32 Å². The minimum absolute atomic E-state index is 0.206. The summed E-state index contributed by atoms with van der Waals surface area (Å²) in [5.41, 5.74) is 0. The fourth-order valence-electron chi connectivity index (χ4n) is 2.28. The smallest absolute Gasteiger partial charge is 0.220 e. The zero-order chi connectivity index (χ0) is 12.3. The van der Waals surface area contributed by atoms with E-state index >= 15 is 0 Å².